The van der Waals surface area contributed by atoms with Crippen LogP contribution in [-0.4, -0.2) is 17.0 Å². The molecular weight excluding hydrogens is 200 g/mol. The van der Waals surface area contributed by atoms with Crippen molar-refractivity contribution in [3.05, 3.63) is 24.4 Å². The highest BCUT2D eigenvalue weighted by Gasteiger charge is 2.20. The van der Waals surface area contributed by atoms with Crippen molar-refractivity contribution in [1.29, 1.82) is 5.41 Å². The van der Waals surface area contributed by atoms with Gasteiger partial charge in [-0.05, 0) is 24.5 Å². The topological polar surface area (TPSA) is 60.8 Å². The van der Waals surface area contributed by atoms with Gasteiger partial charge >= 0.3 is 0 Å². The largest absolute Gasteiger partial charge is 0.353 e. The zero-order valence-corrected chi connectivity index (χ0v) is 10.3. The number of hydrogen-bond acceptors (Lipinski definition) is 2. The van der Waals surface area contributed by atoms with Gasteiger partial charge in [0.15, 0.2) is 5.96 Å². The highest BCUT2D eigenvalue weighted by atomic mass is 15.2. The summed E-state index contributed by atoms with van der Waals surface area (Å²) in [6, 6.07) is 5.78. The molecule has 1 rings (SSSR count). The molecule has 0 bridgehead atoms. The Hall–Kier alpha value is -1.58. The number of nitrogens with zero attached hydrogens (tertiary/aromatic N) is 1. The standard InChI is InChI=1S/C12H20N4/c1-9(12(2,3)4)15-11(13)16-10-7-5-6-8-14-10/h5-9H,1-4H3,(H3,13,14,15,16). The fraction of sp³-hybridized carbons (Fsp3) is 0.500. The monoisotopic (exact) mass is 220 g/mol. The fourth-order valence-electron chi connectivity index (χ4n) is 1.03. The molecule has 0 saturated carbocycles. The van der Waals surface area contributed by atoms with Crippen molar-refractivity contribution in [1.82, 2.24) is 10.3 Å². The molecule has 0 aliphatic heterocycles. The van der Waals surface area contributed by atoms with Gasteiger partial charge in [0.1, 0.15) is 5.82 Å². The van der Waals surface area contributed by atoms with Crippen LogP contribution in [0.2, 0.25) is 0 Å². The van der Waals surface area contributed by atoms with E-state index in [4.69, 9.17) is 5.41 Å². The van der Waals surface area contributed by atoms with Gasteiger partial charge in [-0.1, -0.05) is 26.8 Å². The van der Waals surface area contributed by atoms with Crippen molar-refractivity contribution in [2.75, 3.05) is 5.32 Å². The maximum absolute atomic E-state index is 7.77. The minimum Gasteiger partial charge on any atom is -0.353 e. The first-order chi connectivity index (χ1) is 7.39. The summed E-state index contributed by atoms with van der Waals surface area (Å²) in [5, 5.41) is 13.8. The molecule has 1 aromatic rings. The summed E-state index contributed by atoms with van der Waals surface area (Å²) < 4.78 is 0. The normalized spacial score (nSPS) is 13.0. The van der Waals surface area contributed by atoms with E-state index in [1.807, 2.05) is 18.2 Å². The van der Waals surface area contributed by atoms with Crippen molar-refractivity contribution in [2.45, 2.75) is 33.7 Å². The van der Waals surface area contributed by atoms with Gasteiger partial charge in [0.2, 0.25) is 0 Å². The van der Waals surface area contributed by atoms with Crippen LogP contribution in [0.25, 0.3) is 0 Å². The Labute approximate surface area is 97.0 Å². The molecule has 1 aromatic heterocycles. The van der Waals surface area contributed by atoms with Crippen molar-refractivity contribution < 1.29 is 0 Å². The molecule has 1 unspecified atom stereocenters. The summed E-state index contributed by atoms with van der Waals surface area (Å²) in [6.45, 7) is 8.48. The molecule has 1 heterocycles. The van der Waals surface area contributed by atoms with Crippen LogP contribution < -0.4 is 10.6 Å². The van der Waals surface area contributed by atoms with Crippen LogP contribution in [0, 0.1) is 10.8 Å². The second kappa shape index (κ2) is 4.96. The average molecular weight is 220 g/mol. The van der Waals surface area contributed by atoms with E-state index in [1.54, 1.807) is 6.20 Å². The minimum atomic E-state index is 0.123. The Morgan fingerprint density at radius 3 is 2.56 bits per heavy atom. The Morgan fingerprint density at radius 2 is 2.06 bits per heavy atom. The average Bonchev–Trinajstić information content (AvgIpc) is 2.17. The van der Waals surface area contributed by atoms with E-state index in [9.17, 15) is 0 Å². The maximum Gasteiger partial charge on any atom is 0.194 e. The Morgan fingerprint density at radius 1 is 1.38 bits per heavy atom. The molecule has 0 spiro atoms. The predicted octanol–water partition coefficient (Wildman–Crippen LogP) is 2.45. The van der Waals surface area contributed by atoms with Crippen LogP contribution >= 0.6 is 0 Å². The number of pyridine rings is 1. The van der Waals surface area contributed by atoms with Crippen molar-refractivity contribution >= 4 is 11.8 Å². The highest BCUT2D eigenvalue weighted by Crippen LogP contribution is 2.18. The third-order valence-corrected chi connectivity index (χ3v) is 2.58. The third-order valence-electron chi connectivity index (χ3n) is 2.58. The van der Waals surface area contributed by atoms with Crippen molar-refractivity contribution in [3.8, 4) is 0 Å². The molecule has 0 amide bonds. The molecule has 16 heavy (non-hydrogen) atoms. The molecule has 4 heteroatoms. The first-order valence-corrected chi connectivity index (χ1v) is 5.43. The van der Waals surface area contributed by atoms with Gasteiger partial charge in [0, 0.05) is 12.2 Å². The van der Waals surface area contributed by atoms with E-state index in [-0.39, 0.29) is 17.4 Å². The van der Waals surface area contributed by atoms with Crippen LogP contribution in [0.3, 0.4) is 0 Å². The van der Waals surface area contributed by atoms with Gasteiger partial charge in [0.25, 0.3) is 0 Å². The lowest BCUT2D eigenvalue weighted by Crippen LogP contribution is -2.44. The van der Waals surface area contributed by atoms with E-state index >= 15 is 0 Å². The minimum absolute atomic E-state index is 0.123. The zero-order chi connectivity index (χ0) is 12.2. The quantitative estimate of drug-likeness (QED) is 0.530. The molecule has 88 valence electrons. The number of anilines is 1. The highest BCUT2D eigenvalue weighted by molar-refractivity contribution is 5.90. The first-order valence-electron chi connectivity index (χ1n) is 5.43. The summed E-state index contributed by atoms with van der Waals surface area (Å²) in [5.41, 5.74) is 0.123. The molecule has 0 aliphatic carbocycles. The van der Waals surface area contributed by atoms with Gasteiger partial charge in [-0.3, -0.25) is 5.41 Å². The number of rotatable bonds is 2. The Bertz CT molecular complexity index is 340. The summed E-state index contributed by atoms with van der Waals surface area (Å²) in [5.74, 6) is 0.960. The van der Waals surface area contributed by atoms with Gasteiger partial charge < -0.3 is 10.6 Å². The van der Waals surface area contributed by atoms with Gasteiger partial charge in [-0.2, -0.15) is 0 Å². The molecule has 0 saturated heterocycles. The molecule has 0 fully saturated rings. The molecule has 0 radical (unpaired) electrons. The lowest BCUT2D eigenvalue weighted by Gasteiger charge is -2.29. The second-order valence-corrected chi connectivity index (χ2v) is 4.95. The maximum atomic E-state index is 7.77. The van der Waals surface area contributed by atoms with E-state index in [2.05, 4.69) is 43.3 Å². The Kier molecular flexibility index (Phi) is 3.88. The summed E-state index contributed by atoms with van der Waals surface area (Å²) in [7, 11) is 0. The predicted molar refractivity (Wildman–Crippen MR) is 67.6 cm³/mol. The second-order valence-electron chi connectivity index (χ2n) is 4.95. The number of nitrogens with one attached hydrogen (secondary N) is 3. The summed E-state index contributed by atoms with van der Waals surface area (Å²) in [6.07, 6.45) is 1.70. The third kappa shape index (κ3) is 3.88. The number of aromatic nitrogens is 1. The molecule has 0 aliphatic rings. The summed E-state index contributed by atoms with van der Waals surface area (Å²) in [4.78, 5) is 4.10. The van der Waals surface area contributed by atoms with Crippen LogP contribution in [0.1, 0.15) is 27.7 Å². The van der Waals surface area contributed by atoms with E-state index in [1.165, 1.54) is 0 Å². The van der Waals surface area contributed by atoms with Crippen LogP contribution in [0.4, 0.5) is 5.82 Å². The molecule has 1 atom stereocenters. The molecular formula is C12H20N4. The molecule has 4 nitrogen and oxygen atoms in total. The van der Waals surface area contributed by atoms with Gasteiger partial charge in [-0.15, -0.1) is 0 Å². The van der Waals surface area contributed by atoms with Crippen LogP contribution in [-0.2, 0) is 0 Å². The van der Waals surface area contributed by atoms with Gasteiger partial charge in [0.05, 0.1) is 0 Å². The molecule has 0 aromatic carbocycles. The first kappa shape index (κ1) is 12.5. The van der Waals surface area contributed by atoms with Gasteiger partial charge in [-0.25, -0.2) is 4.98 Å². The van der Waals surface area contributed by atoms with E-state index in [0.29, 0.717) is 5.82 Å². The smallest absolute Gasteiger partial charge is 0.194 e. The van der Waals surface area contributed by atoms with E-state index in [0.717, 1.165) is 0 Å². The SMILES string of the molecule is CC(NC(=N)Nc1ccccn1)C(C)(C)C. The number of hydrogen-bond donors (Lipinski definition) is 3. The van der Waals surface area contributed by atoms with Crippen molar-refractivity contribution in [3.63, 3.8) is 0 Å². The number of guanidine groups is 1. The fourth-order valence-corrected chi connectivity index (χ4v) is 1.03. The van der Waals surface area contributed by atoms with Crippen molar-refractivity contribution in [2.24, 2.45) is 5.41 Å². The lowest BCUT2D eigenvalue weighted by atomic mass is 9.88. The van der Waals surface area contributed by atoms with Crippen LogP contribution in [0.5, 0.6) is 0 Å². The summed E-state index contributed by atoms with van der Waals surface area (Å²) >= 11 is 0. The Balaban J connectivity index is 2.49. The lowest BCUT2D eigenvalue weighted by molar-refractivity contribution is 0.315. The van der Waals surface area contributed by atoms with E-state index < -0.39 is 0 Å². The van der Waals surface area contributed by atoms with Crippen LogP contribution in [0.15, 0.2) is 24.4 Å². The zero-order valence-electron chi connectivity index (χ0n) is 10.3. The molecule has 3 N–H and O–H groups in total.